The number of nitrogens with zero attached hydrogens (tertiary/aromatic N) is 3. The van der Waals surface area contributed by atoms with Gasteiger partial charge in [0, 0.05) is 6.42 Å². The first-order valence-electron chi connectivity index (χ1n) is 6.20. The van der Waals surface area contributed by atoms with Crippen molar-refractivity contribution in [3.63, 3.8) is 0 Å². The van der Waals surface area contributed by atoms with Gasteiger partial charge in [0.2, 0.25) is 5.95 Å². The molecule has 0 saturated carbocycles. The molecule has 1 aliphatic heterocycles. The van der Waals surface area contributed by atoms with Crippen LogP contribution < -0.4 is 11.3 Å². The summed E-state index contributed by atoms with van der Waals surface area (Å²) >= 11 is 0. The summed E-state index contributed by atoms with van der Waals surface area (Å²) in [5, 5.41) is 19.9. The van der Waals surface area contributed by atoms with Crippen LogP contribution in [0.5, 0.6) is 0 Å². The van der Waals surface area contributed by atoms with Crippen LogP contribution >= 0.6 is 0 Å². The Bertz CT molecular complexity index is 740. The third-order valence-corrected chi connectivity index (χ3v) is 3.39. The second-order valence-corrected chi connectivity index (χ2v) is 4.72. The fourth-order valence-electron chi connectivity index (χ4n) is 2.38. The predicted octanol–water partition coefficient (Wildman–Crippen LogP) is -2.09. The first-order chi connectivity index (χ1) is 10.0. The molecule has 0 amide bonds. The van der Waals surface area contributed by atoms with E-state index in [-0.39, 0.29) is 23.5 Å². The van der Waals surface area contributed by atoms with Crippen LogP contribution in [0, 0.1) is 0 Å². The van der Waals surface area contributed by atoms with E-state index in [4.69, 9.17) is 10.5 Å². The highest BCUT2D eigenvalue weighted by Crippen LogP contribution is 2.31. The molecule has 1 fully saturated rings. The number of rotatable bonds is 3. The first-order valence-corrected chi connectivity index (χ1v) is 6.20. The van der Waals surface area contributed by atoms with Crippen LogP contribution in [0.3, 0.4) is 0 Å². The lowest BCUT2D eigenvalue weighted by molar-refractivity contribution is -0.112. The van der Waals surface area contributed by atoms with Crippen LogP contribution in [0.25, 0.3) is 11.2 Å². The van der Waals surface area contributed by atoms with Crippen molar-refractivity contribution in [1.82, 2.24) is 19.5 Å². The molecule has 5 N–H and O–H groups in total. The standard InChI is InChI=1S/C11H13N5O5/c12-11-14-8-5(9(20)15-11)13-3-16(8)10-7(19)6(18)4(21-10)1-2-17/h2-4,6-7,10,18-19H,1H2,(H3,12,14,15,20)/t4-,6+,7-,10-/m1/s1. The molecule has 0 spiro atoms. The SMILES string of the molecule is Nc1nc2c(ncn2[C@@H]2O[C@H](CC=O)[C@H](O)[C@H]2O)c(=O)[nH]1. The monoisotopic (exact) mass is 295 g/mol. The number of H-pyrrole nitrogens is 1. The summed E-state index contributed by atoms with van der Waals surface area (Å²) < 4.78 is 6.76. The number of hydrogen-bond acceptors (Lipinski definition) is 8. The van der Waals surface area contributed by atoms with Crippen LogP contribution in [0.1, 0.15) is 12.6 Å². The second-order valence-electron chi connectivity index (χ2n) is 4.72. The van der Waals surface area contributed by atoms with Gasteiger partial charge in [0.05, 0.1) is 12.4 Å². The molecule has 4 atom stereocenters. The van der Waals surface area contributed by atoms with Gasteiger partial charge in [-0.2, -0.15) is 4.98 Å². The zero-order valence-electron chi connectivity index (χ0n) is 10.7. The van der Waals surface area contributed by atoms with Gasteiger partial charge >= 0.3 is 0 Å². The Morgan fingerprint density at radius 3 is 2.95 bits per heavy atom. The van der Waals surface area contributed by atoms with Crippen LogP contribution in [0.2, 0.25) is 0 Å². The summed E-state index contributed by atoms with van der Waals surface area (Å²) in [7, 11) is 0. The summed E-state index contributed by atoms with van der Waals surface area (Å²) in [5.74, 6) is -0.105. The molecule has 0 bridgehead atoms. The van der Waals surface area contributed by atoms with E-state index in [1.54, 1.807) is 0 Å². The molecule has 21 heavy (non-hydrogen) atoms. The minimum atomic E-state index is -1.28. The fourth-order valence-corrected chi connectivity index (χ4v) is 2.38. The van der Waals surface area contributed by atoms with E-state index in [0.29, 0.717) is 6.29 Å². The van der Waals surface area contributed by atoms with E-state index in [1.807, 2.05) is 0 Å². The maximum atomic E-state index is 11.7. The molecule has 0 unspecified atom stereocenters. The number of ether oxygens (including phenoxy) is 1. The Kier molecular flexibility index (Phi) is 3.20. The molecule has 2 aromatic rings. The number of aliphatic hydroxyl groups is 2. The van der Waals surface area contributed by atoms with Gasteiger partial charge in [-0.25, -0.2) is 4.98 Å². The fraction of sp³-hybridized carbons (Fsp3) is 0.455. The van der Waals surface area contributed by atoms with E-state index in [0.717, 1.165) is 0 Å². The summed E-state index contributed by atoms with van der Waals surface area (Å²) in [5.41, 5.74) is 5.12. The van der Waals surface area contributed by atoms with Gasteiger partial charge in [-0.05, 0) is 0 Å². The van der Waals surface area contributed by atoms with Crippen LogP contribution in [-0.2, 0) is 9.53 Å². The van der Waals surface area contributed by atoms with E-state index >= 15 is 0 Å². The number of aromatic nitrogens is 4. The van der Waals surface area contributed by atoms with Crippen LogP contribution in [-0.4, -0.2) is 54.3 Å². The highest BCUT2D eigenvalue weighted by atomic mass is 16.6. The largest absolute Gasteiger partial charge is 0.388 e. The van der Waals surface area contributed by atoms with Crippen molar-refractivity contribution in [3.05, 3.63) is 16.7 Å². The molecule has 10 heteroatoms. The number of hydrogen-bond donors (Lipinski definition) is 4. The second kappa shape index (κ2) is 4.91. The molecular weight excluding hydrogens is 282 g/mol. The van der Waals surface area contributed by atoms with Gasteiger partial charge in [0.25, 0.3) is 5.56 Å². The Morgan fingerprint density at radius 2 is 2.24 bits per heavy atom. The Balaban J connectivity index is 2.05. The van der Waals surface area contributed by atoms with Crippen molar-refractivity contribution in [1.29, 1.82) is 0 Å². The molecule has 3 rings (SSSR count). The number of nitrogen functional groups attached to an aromatic ring is 1. The number of aliphatic hydroxyl groups excluding tert-OH is 2. The molecule has 10 nitrogen and oxygen atoms in total. The van der Waals surface area contributed by atoms with E-state index in [9.17, 15) is 19.8 Å². The normalized spacial score (nSPS) is 29.0. The lowest BCUT2D eigenvalue weighted by Gasteiger charge is -2.16. The average Bonchev–Trinajstić information content (AvgIpc) is 2.96. The van der Waals surface area contributed by atoms with Gasteiger partial charge in [0.1, 0.15) is 18.5 Å². The first kappa shape index (κ1) is 13.7. The molecule has 1 saturated heterocycles. The van der Waals surface area contributed by atoms with Crippen LogP contribution in [0.15, 0.2) is 11.1 Å². The highest BCUT2D eigenvalue weighted by Gasteiger charge is 2.44. The van der Waals surface area contributed by atoms with Crippen LogP contribution in [0.4, 0.5) is 5.95 Å². The summed E-state index contributed by atoms with van der Waals surface area (Å²) in [6.45, 7) is 0. The van der Waals surface area contributed by atoms with Crippen molar-refractivity contribution < 1.29 is 19.7 Å². The molecule has 0 radical (unpaired) electrons. The molecule has 3 heterocycles. The highest BCUT2D eigenvalue weighted by molar-refractivity contribution is 5.70. The Hall–Kier alpha value is -2.30. The van der Waals surface area contributed by atoms with Gasteiger partial charge < -0.3 is 25.5 Å². The summed E-state index contributed by atoms with van der Waals surface area (Å²) in [6, 6.07) is 0. The van der Waals surface area contributed by atoms with Gasteiger partial charge in [-0.15, -0.1) is 0 Å². The van der Waals surface area contributed by atoms with E-state index < -0.39 is 30.1 Å². The molecule has 0 aliphatic carbocycles. The number of carbonyl (C=O) groups is 1. The topological polar surface area (TPSA) is 156 Å². The van der Waals surface area contributed by atoms with Crippen molar-refractivity contribution in [3.8, 4) is 0 Å². The summed E-state index contributed by atoms with van der Waals surface area (Å²) in [6.07, 6.45) is -2.56. The number of anilines is 1. The van der Waals surface area contributed by atoms with Gasteiger partial charge in [-0.3, -0.25) is 14.3 Å². The zero-order chi connectivity index (χ0) is 15.1. The molecule has 0 aromatic carbocycles. The molecular formula is C11H13N5O5. The average molecular weight is 295 g/mol. The predicted molar refractivity (Wildman–Crippen MR) is 69.2 cm³/mol. The molecule has 112 valence electrons. The lowest BCUT2D eigenvalue weighted by Crippen LogP contribution is -2.31. The third kappa shape index (κ3) is 2.09. The van der Waals surface area contributed by atoms with Crippen molar-refractivity contribution in [2.45, 2.75) is 31.0 Å². The van der Waals surface area contributed by atoms with Gasteiger partial charge in [-0.1, -0.05) is 0 Å². The van der Waals surface area contributed by atoms with Gasteiger partial charge in [0.15, 0.2) is 17.4 Å². The van der Waals surface area contributed by atoms with E-state index in [1.165, 1.54) is 10.9 Å². The number of nitrogens with two attached hydrogens (primary N) is 1. The van der Waals surface area contributed by atoms with Crippen molar-refractivity contribution in [2.75, 3.05) is 5.73 Å². The maximum absolute atomic E-state index is 11.7. The number of nitrogens with one attached hydrogen (secondary N) is 1. The van der Waals surface area contributed by atoms with Crippen molar-refractivity contribution >= 4 is 23.4 Å². The van der Waals surface area contributed by atoms with Crippen molar-refractivity contribution in [2.24, 2.45) is 0 Å². The minimum absolute atomic E-state index is 0.0355. The smallest absolute Gasteiger partial charge is 0.280 e. The Morgan fingerprint density at radius 1 is 1.48 bits per heavy atom. The number of fused-ring (bicyclic) bond motifs is 1. The number of aldehydes is 1. The Labute approximate surface area is 117 Å². The quantitative estimate of drug-likeness (QED) is 0.469. The molecule has 1 aliphatic rings. The number of aromatic amines is 1. The lowest BCUT2D eigenvalue weighted by atomic mass is 10.1. The summed E-state index contributed by atoms with van der Waals surface area (Å²) in [4.78, 5) is 32.4. The number of carbonyl (C=O) groups excluding carboxylic acids is 1. The zero-order valence-corrected chi connectivity index (χ0v) is 10.7. The minimum Gasteiger partial charge on any atom is -0.388 e. The van der Waals surface area contributed by atoms with E-state index in [2.05, 4.69) is 15.0 Å². The third-order valence-electron chi connectivity index (χ3n) is 3.39. The molecule has 2 aromatic heterocycles. The number of imidazole rings is 1. The maximum Gasteiger partial charge on any atom is 0.280 e.